The Labute approximate surface area is 106 Å². The third-order valence-electron chi connectivity index (χ3n) is 3.16. The number of hydrogen-bond acceptors (Lipinski definition) is 2. The van der Waals surface area contributed by atoms with Crippen molar-refractivity contribution in [1.29, 1.82) is 0 Å². The van der Waals surface area contributed by atoms with Crippen LogP contribution in [-0.2, 0) is 7.05 Å². The summed E-state index contributed by atoms with van der Waals surface area (Å²) in [4.78, 5) is 11.2. The SMILES string of the molecule is Cc1cc(C)c(-c2nn(C)cc2C(=O)O)cc1C. The van der Waals surface area contributed by atoms with Gasteiger partial charge in [-0.3, -0.25) is 4.68 Å². The average molecular weight is 244 g/mol. The largest absolute Gasteiger partial charge is 0.478 e. The fourth-order valence-corrected chi connectivity index (χ4v) is 2.06. The molecule has 1 heterocycles. The molecule has 0 unspecified atom stereocenters. The summed E-state index contributed by atoms with van der Waals surface area (Å²) in [7, 11) is 1.73. The van der Waals surface area contributed by atoms with Crippen LogP contribution in [0, 0.1) is 20.8 Å². The molecular weight excluding hydrogens is 228 g/mol. The van der Waals surface area contributed by atoms with Crippen molar-refractivity contribution < 1.29 is 9.90 Å². The number of carboxylic acid groups (broad SMARTS) is 1. The Bertz CT molecular complexity index is 627. The first kappa shape index (κ1) is 12.4. The second kappa shape index (κ2) is 4.29. The molecule has 94 valence electrons. The van der Waals surface area contributed by atoms with Crippen LogP contribution in [-0.4, -0.2) is 20.9 Å². The summed E-state index contributed by atoms with van der Waals surface area (Å²) in [6.45, 7) is 6.03. The van der Waals surface area contributed by atoms with Crippen LogP contribution < -0.4 is 0 Å². The maximum absolute atomic E-state index is 11.2. The van der Waals surface area contributed by atoms with E-state index in [9.17, 15) is 9.90 Å². The molecule has 0 atom stereocenters. The molecule has 4 heteroatoms. The minimum Gasteiger partial charge on any atom is -0.478 e. The van der Waals surface area contributed by atoms with Crippen LogP contribution in [0.2, 0.25) is 0 Å². The van der Waals surface area contributed by atoms with Crippen molar-refractivity contribution in [3.8, 4) is 11.3 Å². The van der Waals surface area contributed by atoms with E-state index in [4.69, 9.17) is 0 Å². The Morgan fingerprint density at radius 2 is 1.78 bits per heavy atom. The van der Waals surface area contributed by atoms with E-state index in [-0.39, 0.29) is 5.56 Å². The van der Waals surface area contributed by atoms with Gasteiger partial charge in [0.1, 0.15) is 11.3 Å². The van der Waals surface area contributed by atoms with Crippen molar-refractivity contribution in [3.63, 3.8) is 0 Å². The van der Waals surface area contributed by atoms with Gasteiger partial charge < -0.3 is 5.11 Å². The van der Waals surface area contributed by atoms with Crippen LogP contribution in [0.5, 0.6) is 0 Å². The molecule has 2 rings (SSSR count). The van der Waals surface area contributed by atoms with E-state index >= 15 is 0 Å². The van der Waals surface area contributed by atoms with Crippen LogP contribution in [0.1, 0.15) is 27.0 Å². The number of hydrogen-bond donors (Lipinski definition) is 1. The maximum atomic E-state index is 11.2. The van der Waals surface area contributed by atoms with E-state index in [2.05, 4.69) is 11.2 Å². The minimum atomic E-state index is -0.948. The Balaban J connectivity index is 2.69. The van der Waals surface area contributed by atoms with Crippen LogP contribution >= 0.6 is 0 Å². The van der Waals surface area contributed by atoms with Gasteiger partial charge >= 0.3 is 5.97 Å². The molecule has 18 heavy (non-hydrogen) atoms. The van der Waals surface area contributed by atoms with E-state index in [0.717, 1.165) is 16.7 Å². The van der Waals surface area contributed by atoms with Gasteiger partial charge in [0.05, 0.1) is 0 Å². The maximum Gasteiger partial charge on any atom is 0.339 e. The van der Waals surface area contributed by atoms with Gasteiger partial charge in [-0.25, -0.2) is 4.79 Å². The van der Waals surface area contributed by atoms with Gasteiger partial charge in [-0.15, -0.1) is 0 Å². The first-order valence-corrected chi connectivity index (χ1v) is 5.75. The first-order valence-electron chi connectivity index (χ1n) is 5.75. The smallest absolute Gasteiger partial charge is 0.339 e. The van der Waals surface area contributed by atoms with Gasteiger partial charge in [-0.2, -0.15) is 5.10 Å². The van der Waals surface area contributed by atoms with Crippen molar-refractivity contribution in [3.05, 3.63) is 40.6 Å². The molecule has 0 spiro atoms. The van der Waals surface area contributed by atoms with E-state index in [1.807, 2.05) is 26.8 Å². The Morgan fingerprint density at radius 3 is 2.39 bits per heavy atom. The molecule has 0 aliphatic carbocycles. The number of benzene rings is 1. The number of rotatable bonds is 2. The molecule has 2 aromatic rings. The monoisotopic (exact) mass is 244 g/mol. The van der Waals surface area contributed by atoms with E-state index in [1.165, 1.54) is 16.4 Å². The lowest BCUT2D eigenvalue weighted by molar-refractivity contribution is 0.0697. The molecule has 0 saturated heterocycles. The molecule has 1 N–H and O–H groups in total. The Hall–Kier alpha value is -2.10. The summed E-state index contributed by atoms with van der Waals surface area (Å²) in [5.41, 5.74) is 5.03. The number of aryl methyl sites for hydroxylation is 4. The zero-order valence-corrected chi connectivity index (χ0v) is 11.0. The molecule has 0 bridgehead atoms. The van der Waals surface area contributed by atoms with Gasteiger partial charge in [-0.1, -0.05) is 6.07 Å². The van der Waals surface area contributed by atoms with E-state index in [1.54, 1.807) is 7.05 Å². The molecule has 1 aromatic heterocycles. The van der Waals surface area contributed by atoms with Crippen molar-refractivity contribution in [2.24, 2.45) is 7.05 Å². The zero-order chi connectivity index (χ0) is 13.4. The number of aromatic carboxylic acids is 1. The average Bonchev–Trinajstić information content (AvgIpc) is 2.65. The highest BCUT2D eigenvalue weighted by Gasteiger charge is 2.18. The van der Waals surface area contributed by atoms with Gasteiger partial charge in [0.25, 0.3) is 0 Å². The quantitative estimate of drug-likeness (QED) is 0.883. The van der Waals surface area contributed by atoms with Gasteiger partial charge in [0.15, 0.2) is 0 Å². The fourth-order valence-electron chi connectivity index (χ4n) is 2.06. The fraction of sp³-hybridized carbons (Fsp3) is 0.286. The van der Waals surface area contributed by atoms with Crippen LogP contribution in [0.4, 0.5) is 0 Å². The highest BCUT2D eigenvalue weighted by molar-refractivity contribution is 5.95. The standard InChI is InChI=1S/C14H16N2O2/c1-8-5-10(3)11(6-9(8)2)13-12(14(17)18)7-16(4)15-13/h5-7H,1-4H3,(H,17,18). The highest BCUT2D eigenvalue weighted by atomic mass is 16.4. The highest BCUT2D eigenvalue weighted by Crippen LogP contribution is 2.27. The normalized spacial score (nSPS) is 10.7. The van der Waals surface area contributed by atoms with Crippen molar-refractivity contribution >= 4 is 5.97 Å². The topological polar surface area (TPSA) is 55.1 Å². The summed E-state index contributed by atoms with van der Waals surface area (Å²) in [6, 6.07) is 4.06. The first-order chi connectivity index (χ1) is 8.40. The van der Waals surface area contributed by atoms with Crippen molar-refractivity contribution in [2.75, 3.05) is 0 Å². The molecule has 0 saturated carbocycles. The predicted molar refractivity (Wildman–Crippen MR) is 69.8 cm³/mol. The predicted octanol–water partition coefficient (Wildman–Crippen LogP) is 2.71. The van der Waals surface area contributed by atoms with Crippen molar-refractivity contribution in [2.45, 2.75) is 20.8 Å². The Kier molecular flexibility index (Phi) is 2.95. The number of nitrogens with zero attached hydrogens (tertiary/aromatic N) is 2. The van der Waals surface area contributed by atoms with Crippen molar-refractivity contribution in [1.82, 2.24) is 9.78 Å². The molecule has 0 radical (unpaired) electrons. The summed E-state index contributed by atoms with van der Waals surface area (Å²) in [5.74, 6) is -0.948. The molecule has 0 aliphatic heterocycles. The summed E-state index contributed by atoms with van der Waals surface area (Å²) in [6.07, 6.45) is 1.53. The molecule has 0 aliphatic rings. The zero-order valence-electron chi connectivity index (χ0n) is 11.0. The third-order valence-corrected chi connectivity index (χ3v) is 3.16. The van der Waals surface area contributed by atoms with Gasteiger partial charge in [0, 0.05) is 18.8 Å². The number of carbonyl (C=O) groups is 1. The second-order valence-electron chi connectivity index (χ2n) is 4.62. The number of aromatic nitrogens is 2. The van der Waals surface area contributed by atoms with E-state index < -0.39 is 5.97 Å². The second-order valence-corrected chi connectivity index (χ2v) is 4.62. The molecule has 0 amide bonds. The lowest BCUT2D eigenvalue weighted by Crippen LogP contribution is -1.98. The summed E-state index contributed by atoms with van der Waals surface area (Å²) in [5, 5.41) is 13.5. The molecule has 4 nitrogen and oxygen atoms in total. The number of carboxylic acids is 1. The molecular formula is C14H16N2O2. The van der Waals surface area contributed by atoms with Crippen LogP contribution in [0.15, 0.2) is 18.3 Å². The molecule has 0 fully saturated rings. The van der Waals surface area contributed by atoms with Gasteiger partial charge in [-0.05, 0) is 43.5 Å². The summed E-state index contributed by atoms with van der Waals surface area (Å²) < 4.78 is 1.54. The van der Waals surface area contributed by atoms with E-state index in [0.29, 0.717) is 5.69 Å². The minimum absolute atomic E-state index is 0.240. The lowest BCUT2D eigenvalue weighted by Gasteiger charge is -2.08. The summed E-state index contributed by atoms with van der Waals surface area (Å²) >= 11 is 0. The van der Waals surface area contributed by atoms with Crippen LogP contribution in [0.3, 0.4) is 0 Å². The van der Waals surface area contributed by atoms with Gasteiger partial charge in [0.2, 0.25) is 0 Å². The Morgan fingerprint density at radius 1 is 1.17 bits per heavy atom. The van der Waals surface area contributed by atoms with Crippen LogP contribution in [0.25, 0.3) is 11.3 Å². The lowest BCUT2D eigenvalue weighted by atomic mass is 9.97. The molecule has 1 aromatic carbocycles. The third kappa shape index (κ3) is 2.01.